The lowest BCUT2D eigenvalue weighted by atomic mass is 9.65. The number of rotatable bonds is 4. The van der Waals surface area contributed by atoms with Crippen LogP contribution in [0.2, 0.25) is 0 Å². The number of ether oxygens (including phenoxy) is 1. The number of amides is 1. The van der Waals surface area contributed by atoms with E-state index in [1.165, 1.54) is 25.7 Å². The van der Waals surface area contributed by atoms with Crippen molar-refractivity contribution < 1.29 is 9.53 Å². The summed E-state index contributed by atoms with van der Waals surface area (Å²) in [5, 5.41) is 0. The first-order chi connectivity index (χ1) is 8.25. The van der Waals surface area contributed by atoms with E-state index in [0.29, 0.717) is 11.9 Å². The third kappa shape index (κ3) is 1.79. The molecule has 17 heavy (non-hydrogen) atoms. The zero-order valence-corrected chi connectivity index (χ0v) is 10.8. The highest BCUT2D eigenvalue weighted by Crippen LogP contribution is 2.48. The molecule has 2 atom stereocenters. The molecule has 3 rings (SSSR count). The van der Waals surface area contributed by atoms with E-state index in [-0.39, 0.29) is 5.41 Å². The molecular weight excluding hydrogens is 214 g/mol. The molecule has 1 aliphatic heterocycles. The lowest BCUT2D eigenvalue weighted by Crippen LogP contribution is -2.51. The van der Waals surface area contributed by atoms with Gasteiger partial charge < -0.3 is 9.64 Å². The van der Waals surface area contributed by atoms with E-state index in [1.807, 2.05) is 0 Å². The molecule has 0 aromatic carbocycles. The van der Waals surface area contributed by atoms with E-state index in [9.17, 15) is 4.79 Å². The molecule has 3 nitrogen and oxygen atoms in total. The Bertz CT molecular complexity index is 311. The van der Waals surface area contributed by atoms with Gasteiger partial charge in [0.05, 0.1) is 5.41 Å². The zero-order chi connectivity index (χ0) is 11.9. The Balaban J connectivity index is 1.68. The van der Waals surface area contributed by atoms with E-state index in [1.54, 1.807) is 7.11 Å². The molecule has 2 unspecified atom stereocenters. The maximum Gasteiger partial charge on any atom is 0.229 e. The number of hydrogen-bond acceptors (Lipinski definition) is 2. The highest BCUT2D eigenvalue weighted by Gasteiger charge is 2.50. The Morgan fingerprint density at radius 3 is 2.71 bits per heavy atom. The van der Waals surface area contributed by atoms with Crippen molar-refractivity contribution in [3.05, 3.63) is 0 Å². The molecule has 0 aromatic heterocycles. The molecular formula is C14H23NO2. The Morgan fingerprint density at radius 2 is 2.24 bits per heavy atom. The van der Waals surface area contributed by atoms with Crippen LogP contribution >= 0.6 is 0 Å². The fourth-order valence-corrected chi connectivity index (χ4v) is 3.95. The average Bonchev–Trinajstić information content (AvgIpc) is 2.89. The van der Waals surface area contributed by atoms with Gasteiger partial charge in [-0.25, -0.2) is 0 Å². The van der Waals surface area contributed by atoms with Crippen LogP contribution in [-0.2, 0) is 9.53 Å². The second-order valence-corrected chi connectivity index (χ2v) is 6.17. The van der Waals surface area contributed by atoms with Crippen LogP contribution in [0, 0.1) is 11.3 Å². The van der Waals surface area contributed by atoms with Crippen molar-refractivity contribution in [1.29, 1.82) is 0 Å². The van der Waals surface area contributed by atoms with Crippen molar-refractivity contribution in [3.63, 3.8) is 0 Å². The monoisotopic (exact) mass is 237 g/mol. The number of carbonyl (C=O) groups excluding carboxylic acids is 1. The predicted molar refractivity (Wildman–Crippen MR) is 65.6 cm³/mol. The first-order valence-corrected chi connectivity index (χ1v) is 7.05. The van der Waals surface area contributed by atoms with E-state index in [4.69, 9.17) is 4.74 Å². The molecule has 3 heteroatoms. The quantitative estimate of drug-likeness (QED) is 0.750. The van der Waals surface area contributed by atoms with Crippen LogP contribution in [0.25, 0.3) is 0 Å². The van der Waals surface area contributed by atoms with Crippen LogP contribution in [0.5, 0.6) is 0 Å². The Kier molecular flexibility index (Phi) is 2.89. The highest BCUT2D eigenvalue weighted by atomic mass is 16.5. The third-order valence-electron chi connectivity index (χ3n) is 5.22. The Hall–Kier alpha value is -0.570. The standard InChI is InChI=1S/C14H23NO2/c1-17-8-7-14(5-2-6-14)13(16)15-10-11-3-4-12(15)9-11/h11-12H,2-10H2,1H3. The molecule has 2 saturated carbocycles. The van der Waals surface area contributed by atoms with Gasteiger partial charge in [0.25, 0.3) is 0 Å². The molecule has 3 fully saturated rings. The van der Waals surface area contributed by atoms with Crippen LogP contribution in [0.15, 0.2) is 0 Å². The van der Waals surface area contributed by atoms with Crippen LogP contribution in [0.1, 0.15) is 44.9 Å². The van der Waals surface area contributed by atoms with Gasteiger partial charge in [-0.3, -0.25) is 4.79 Å². The molecule has 0 radical (unpaired) electrons. The van der Waals surface area contributed by atoms with Gasteiger partial charge in [0.1, 0.15) is 0 Å². The summed E-state index contributed by atoms with van der Waals surface area (Å²) in [4.78, 5) is 14.9. The summed E-state index contributed by atoms with van der Waals surface area (Å²) in [6, 6.07) is 0.576. The zero-order valence-electron chi connectivity index (χ0n) is 10.8. The molecule has 3 aliphatic rings. The van der Waals surface area contributed by atoms with Crippen LogP contribution in [0.3, 0.4) is 0 Å². The van der Waals surface area contributed by atoms with Crippen molar-refractivity contribution in [2.75, 3.05) is 20.3 Å². The summed E-state index contributed by atoms with van der Waals surface area (Å²) in [7, 11) is 1.73. The molecule has 2 bridgehead atoms. The van der Waals surface area contributed by atoms with Gasteiger partial charge in [0.15, 0.2) is 0 Å². The SMILES string of the molecule is COCCC1(C(=O)N2CC3CCC2C3)CCC1. The van der Waals surface area contributed by atoms with Crippen molar-refractivity contribution in [2.24, 2.45) is 11.3 Å². The Labute approximate surface area is 104 Å². The lowest BCUT2D eigenvalue weighted by molar-refractivity contribution is -0.150. The van der Waals surface area contributed by atoms with Gasteiger partial charge in [-0.1, -0.05) is 6.42 Å². The number of fused-ring (bicyclic) bond motifs is 2. The molecule has 96 valence electrons. The minimum Gasteiger partial charge on any atom is -0.385 e. The summed E-state index contributed by atoms with van der Waals surface area (Å²) in [6.07, 6.45) is 8.18. The second kappa shape index (κ2) is 4.27. The van der Waals surface area contributed by atoms with Crippen LogP contribution < -0.4 is 0 Å². The second-order valence-electron chi connectivity index (χ2n) is 6.17. The van der Waals surface area contributed by atoms with Gasteiger partial charge in [0, 0.05) is 26.3 Å². The third-order valence-corrected chi connectivity index (χ3v) is 5.22. The van der Waals surface area contributed by atoms with Crippen molar-refractivity contribution >= 4 is 5.91 Å². The number of nitrogens with zero attached hydrogens (tertiary/aromatic N) is 1. The molecule has 0 aromatic rings. The first kappa shape index (κ1) is 11.5. The molecule has 2 aliphatic carbocycles. The van der Waals surface area contributed by atoms with E-state index < -0.39 is 0 Å². The fraction of sp³-hybridized carbons (Fsp3) is 0.929. The minimum absolute atomic E-state index is 0.0412. The molecule has 1 heterocycles. The summed E-state index contributed by atoms with van der Waals surface area (Å²) >= 11 is 0. The van der Waals surface area contributed by atoms with Gasteiger partial charge in [-0.2, -0.15) is 0 Å². The van der Waals surface area contributed by atoms with Crippen LogP contribution in [-0.4, -0.2) is 37.1 Å². The van der Waals surface area contributed by atoms with Gasteiger partial charge >= 0.3 is 0 Å². The van der Waals surface area contributed by atoms with Crippen LogP contribution in [0.4, 0.5) is 0 Å². The number of carbonyl (C=O) groups is 1. The average molecular weight is 237 g/mol. The maximum atomic E-state index is 12.7. The van der Waals surface area contributed by atoms with Crippen molar-refractivity contribution in [3.8, 4) is 0 Å². The summed E-state index contributed by atoms with van der Waals surface area (Å²) < 4.78 is 5.18. The van der Waals surface area contributed by atoms with Gasteiger partial charge in [0.2, 0.25) is 5.91 Å². The van der Waals surface area contributed by atoms with E-state index in [2.05, 4.69) is 4.90 Å². The number of methoxy groups -OCH3 is 1. The van der Waals surface area contributed by atoms with Crippen molar-refractivity contribution in [1.82, 2.24) is 4.90 Å². The predicted octanol–water partition coefficient (Wildman–Crippen LogP) is 2.20. The first-order valence-electron chi connectivity index (χ1n) is 7.05. The van der Waals surface area contributed by atoms with Crippen molar-refractivity contribution in [2.45, 2.75) is 51.0 Å². The summed E-state index contributed by atoms with van der Waals surface area (Å²) in [6.45, 7) is 1.77. The smallest absolute Gasteiger partial charge is 0.229 e. The lowest BCUT2D eigenvalue weighted by Gasteiger charge is -2.44. The molecule has 1 saturated heterocycles. The van der Waals surface area contributed by atoms with E-state index in [0.717, 1.165) is 38.3 Å². The number of likely N-dealkylation sites (tertiary alicyclic amines) is 1. The molecule has 0 N–H and O–H groups in total. The van der Waals surface area contributed by atoms with Gasteiger partial charge in [-0.05, 0) is 44.4 Å². The molecule has 0 spiro atoms. The molecule has 1 amide bonds. The Morgan fingerprint density at radius 1 is 1.41 bits per heavy atom. The van der Waals surface area contributed by atoms with E-state index >= 15 is 0 Å². The topological polar surface area (TPSA) is 29.5 Å². The van der Waals surface area contributed by atoms with Gasteiger partial charge in [-0.15, -0.1) is 0 Å². The number of piperidine rings is 1. The number of hydrogen-bond donors (Lipinski definition) is 0. The highest BCUT2D eigenvalue weighted by molar-refractivity contribution is 5.84. The summed E-state index contributed by atoms with van der Waals surface area (Å²) in [5.41, 5.74) is -0.0412. The minimum atomic E-state index is -0.0412. The largest absolute Gasteiger partial charge is 0.385 e. The maximum absolute atomic E-state index is 12.7. The summed E-state index contributed by atoms with van der Waals surface area (Å²) in [5.74, 6) is 1.26. The fourth-order valence-electron chi connectivity index (χ4n) is 3.95. The normalized spacial score (nSPS) is 33.8.